The van der Waals surface area contributed by atoms with Crippen molar-refractivity contribution in [3.05, 3.63) is 28.1 Å². The number of carbonyl (C=O) groups is 1. The van der Waals surface area contributed by atoms with E-state index in [1.54, 1.807) is 6.07 Å². The van der Waals surface area contributed by atoms with E-state index in [0.29, 0.717) is 22.1 Å². The lowest BCUT2D eigenvalue weighted by atomic mass is 10.0. The summed E-state index contributed by atoms with van der Waals surface area (Å²) in [6, 6.07) is 5.53. The van der Waals surface area contributed by atoms with Gasteiger partial charge in [-0.1, -0.05) is 17.7 Å². The van der Waals surface area contributed by atoms with Gasteiger partial charge in [-0.15, -0.1) is 11.3 Å². The van der Waals surface area contributed by atoms with Crippen LogP contribution in [-0.4, -0.2) is 24.2 Å². The van der Waals surface area contributed by atoms with Gasteiger partial charge in [0.1, 0.15) is 4.88 Å². The van der Waals surface area contributed by atoms with Crippen molar-refractivity contribution < 1.29 is 9.90 Å². The van der Waals surface area contributed by atoms with Gasteiger partial charge in [-0.2, -0.15) is 0 Å². The average molecular weight is 325 g/mol. The maximum absolute atomic E-state index is 12.3. The van der Waals surface area contributed by atoms with Crippen molar-refractivity contribution >= 4 is 44.6 Å². The van der Waals surface area contributed by atoms with E-state index >= 15 is 0 Å². The number of aliphatic hydroxyl groups is 1. The van der Waals surface area contributed by atoms with E-state index in [0.717, 1.165) is 29.3 Å². The molecule has 1 heterocycles. The van der Waals surface area contributed by atoms with Crippen LogP contribution in [0.4, 0.5) is 5.69 Å². The van der Waals surface area contributed by atoms with Crippen LogP contribution >= 0.6 is 22.9 Å². The normalized spacial score (nSPS) is 16.1. The second-order valence-corrected chi connectivity index (χ2v) is 7.07. The number of carbonyl (C=O) groups excluding carboxylic acids is 1. The number of halogens is 1. The molecule has 1 aromatic heterocycles. The molecule has 3 rings (SSSR count). The zero-order valence-electron chi connectivity index (χ0n) is 11.5. The number of amides is 1. The largest absolute Gasteiger partial charge is 0.397 e. The maximum Gasteiger partial charge on any atom is 0.263 e. The number of nitrogen functional groups attached to an aromatic ring is 1. The Balaban J connectivity index is 1.79. The summed E-state index contributed by atoms with van der Waals surface area (Å²) in [6.07, 6.45) is 2.85. The maximum atomic E-state index is 12.3. The number of rotatable bonds is 5. The van der Waals surface area contributed by atoms with Gasteiger partial charge in [-0.3, -0.25) is 4.79 Å². The minimum atomic E-state index is -0.158. The molecule has 112 valence electrons. The van der Waals surface area contributed by atoms with Crippen molar-refractivity contribution in [3.63, 3.8) is 0 Å². The lowest BCUT2D eigenvalue weighted by Gasteiger charge is -2.14. The van der Waals surface area contributed by atoms with Gasteiger partial charge in [0.25, 0.3) is 5.91 Å². The zero-order chi connectivity index (χ0) is 15.0. The predicted octanol–water partition coefficient (Wildman–Crippen LogP) is 3.03. The highest BCUT2D eigenvalue weighted by molar-refractivity contribution is 7.21. The Kier molecular flexibility index (Phi) is 3.82. The number of nitrogens with one attached hydrogen (secondary N) is 1. The van der Waals surface area contributed by atoms with Crippen molar-refractivity contribution in [3.8, 4) is 0 Å². The molecule has 1 fully saturated rings. The first-order chi connectivity index (χ1) is 10.1. The lowest BCUT2D eigenvalue weighted by molar-refractivity contribution is 0.0945. The minimum Gasteiger partial charge on any atom is -0.397 e. The summed E-state index contributed by atoms with van der Waals surface area (Å²) >= 11 is 7.51. The Hall–Kier alpha value is -1.30. The highest BCUT2D eigenvalue weighted by Crippen LogP contribution is 2.48. The molecule has 0 saturated heterocycles. The van der Waals surface area contributed by atoms with Gasteiger partial charge < -0.3 is 16.2 Å². The molecule has 0 radical (unpaired) electrons. The minimum absolute atomic E-state index is 0.0908. The number of fused-ring (bicyclic) bond motifs is 1. The van der Waals surface area contributed by atoms with E-state index in [1.165, 1.54) is 11.3 Å². The monoisotopic (exact) mass is 324 g/mol. The third-order valence-corrected chi connectivity index (χ3v) is 5.62. The summed E-state index contributed by atoms with van der Waals surface area (Å²) in [6.45, 7) is 0.754. The number of anilines is 1. The fourth-order valence-corrected chi connectivity index (χ4v) is 3.97. The summed E-state index contributed by atoms with van der Waals surface area (Å²) in [5.41, 5.74) is 6.62. The van der Waals surface area contributed by atoms with Crippen LogP contribution in [0.25, 0.3) is 10.1 Å². The highest BCUT2D eigenvalue weighted by atomic mass is 35.5. The third-order valence-electron chi connectivity index (χ3n) is 4.13. The first kappa shape index (κ1) is 14.6. The first-order valence-electron chi connectivity index (χ1n) is 6.92. The molecule has 1 saturated carbocycles. The molecule has 1 aliphatic rings. The van der Waals surface area contributed by atoms with E-state index in [1.807, 2.05) is 12.1 Å². The molecule has 21 heavy (non-hydrogen) atoms. The topological polar surface area (TPSA) is 75.4 Å². The third kappa shape index (κ3) is 2.73. The standard InChI is InChI=1S/C15H17ClN2O2S/c16-9-2-1-3-10-11(9)12(17)13(21-10)14(20)18-8-15(4-5-15)6-7-19/h1-3,19H,4-8,17H2,(H,18,20). The Labute approximate surface area is 131 Å². The molecule has 1 aliphatic carbocycles. The molecule has 0 unspecified atom stereocenters. The fourth-order valence-electron chi connectivity index (χ4n) is 2.58. The number of benzene rings is 1. The Bertz CT molecular complexity index is 694. The van der Waals surface area contributed by atoms with Gasteiger partial charge in [0, 0.05) is 23.2 Å². The molecule has 4 N–H and O–H groups in total. The van der Waals surface area contributed by atoms with E-state index in [-0.39, 0.29) is 17.9 Å². The second-order valence-electron chi connectivity index (χ2n) is 5.61. The molecule has 0 atom stereocenters. The van der Waals surface area contributed by atoms with Crippen molar-refractivity contribution in [2.24, 2.45) is 5.41 Å². The van der Waals surface area contributed by atoms with E-state index in [9.17, 15) is 4.79 Å². The Morgan fingerprint density at radius 3 is 2.86 bits per heavy atom. The molecule has 0 spiro atoms. The van der Waals surface area contributed by atoms with Crippen molar-refractivity contribution in [1.82, 2.24) is 5.32 Å². The number of aliphatic hydroxyl groups excluding tert-OH is 1. The Morgan fingerprint density at radius 1 is 1.48 bits per heavy atom. The Morgan fingerprint density at radius 2 is 2.24 bits per heavy atom. The molecular weight excluding hydrogens is 308 g/mol. The highest BCUT2D eigenvalue weighted by Gasteiger charge is 2.42. The van der Waals surface area contributed by atoms with Crippen LogP contribution in [-0.2, 0) is 0 Å². The molecule has 6 heteroatoms. The van der Waals surface area contributed by atoms with Crippen LogP contribution in [0, 0.1) is 5.41 Å². The molecule has 0 aliphatic heterocycles. The molecule has 1 amide bonds. The van der Waals surface area contributed by atoms with Crippen LogP contribution < -0.4 is 11.1 Å². The average Bonchev–Trinajstić information content (AvgIpc) is 3.14. The molecule has 1 aromatic carbocycles. The van der Waals surface area contributed by atoms with E-state index < -0.39 is 0 Å². The summed E-state index contributed by atoms with van der Waals surface area (Å²) in [5.74, 6) is -0.158. The number of hydrogen-bond donors (Lipinski definition) is 3. The van der Waals surface area contributed by atoms with Crippen molar-refractivity contribution in [2.45, 2.75) is 19.3 Å². The van der Waals surface area contributed by atoms with Gasteiger partial charge in [-0.05, 0) is 36.8 Å². The number of nitrogens with two attached hydrogens (primary N) is 1. The molecular formula is C15H17ClN2O2S. The van der Waals surface area contributed by atoms with Crippen molar-refractivity contribution in [1.29, 1.82) is 0 Å². The second kappa shape index (κ2) is 5.48. The van der Waals surface area contributed by atoms with Gasteiger partial charge in [0.2, 0.25) is 0 Å². The summed E-state index contributed by atoms with van der Waals surface area (Å²) in [4.78, 5) is 12.9. The quantitative estimate of drug-likeness (QED) is 0.791. The van der Waals surface area contributed by atoms with Gasteiger partial charge in [-0.25, -0.2) is 0 Å². The smallest absolute Gasteiger partial charge is 0.263 e. The summed E-state index contributed by atoms with van der Waals surface area (Å²) in [7, 11) is 0. The number of hydrogen-bond acceptors (Lipinski definition) is 4. The molecule has 4 nitrogen and oxygen atoms in total. The van der Waals surface area contributed by atoms with Gasteiger partial charge >= 0.3 is 0 Å². The summed E-state index contributed by atoms with van der Waals surface area (Å²) in [5, 5.41) is 13.3. The fraction of sp³-hybridized carbons (Fsp3) is 0.400. The first-order valence-corrected chi connectivity index (χ1v) is 8.11. The van der Waals surface area contributed by atoms with Crippen molar-refractivity contribution in [2.75, 3.05) is 18.9 Å². The van der Waals surface area contributed by atoms with Crippen LogP contribution in [0.15, 0.2) is 18.2 Å². The van der Waals surface area contributed by atoms with Gasteiger partial charge in [0.05, 0.1) is 10.7 Å². The van der Waals surface area contributed by atoms with Crippen LogP contribution in [0.2, 0.25) is 5.02 Å². The predicted molar refractivity (Wildman–Crippen MR) is 87.0 cm³/mol. The summed E-state index contributed by atoms with van der Waals surface area (Å²) < 4.78 is 0.918. The van der Waals surface area contributed by atoms with Crippen LogP contribution in [0.1, 0.15) is 28.9 Å². The van der Waals surface area contributed by atoms with E-state index in [4.69, 9.17) is 22.4 Å². The van der Waals surface area contributed by atoms with Gasteiger partial charge in [0.15, 0.2) is 0 Å². The lowest BCUT2D eigenvalue weighted by Crippen LogP contribution is -2.30. The van der Waals surface area contributed by atoms with E-state index in [2.05, 4.69) is 5.32 Å². The van der Waals surface area contributed by atoms with Crippen LogP contribution in [0.3, 0.4) is 0 Å². The SMILES string of the molecule is Nc1c(C(=O)NCC2(CCO)CC2)sc2cccc(Cl)c12. The molecule has 0 bridgehead atoms. The zero-order valence-corrected chi connectivity index (χ0v) is 13.1. The number of thiophene rings is 1. The van der Waals surface area contributed by atoms with Crippen LogP contribution in [0.5, 0.6) is 0 Å². The molecule has 2 aromatic rings.